The van der Waals surface area contributed by atoms with Gasteiger partial charge in [-0.05, 0) is 86.3 Å². The molecular weight excluding hydrogens is 384 g/mol. The molecule has 0 bridgehead atoms. The van der Waals surface area contributed by atoms with Crippen LogP contribution in [-0.2, 0) is 9.59 Å². The van der Waals surface area contributed by atoms with E-state index in [0.29, 0.717) is 24.3 Å². The van der Waals surface area contributed by atoms with Crippen LogP contribution in [0.5, 0.6) is 11.5 Å². The van der Waals surface area contributed by atoms with Crippen molar-refractivity contribution < 1.29 is 19.8 Å². The van der Waals surface area contributed by atoms with Gasteiger partial charge in [0.05, 0.1) is 11.4 Å². The summed E-state index contributed by atoms with van der Waals surface area (Å²) in [6.45, 7) is 3.52. The van der Waals surface area contributed by atoms with E-state index in [1.54, 1.807) is 62.4 Å². The molecule has 0 unspecified atom stereocenters. The summed E-state index contributed by atoms with van der Waals surface area (Å²) in [6.07, 6.45) is 1.62. The van der Waals surface area contributed by atoms with Crippen molar-refractivity contribution in [2.75, 3.05) is 0 Å². The zero-order valence-corrected chi connectivity index (χ0v) is 17.1. The molecule has 0 saturated heterocycles. The van der Waals surface area contributed by atoms with Crippen molar-refractivity contribution in [2.24, 2.45) is 10.2 Å². The van der Waals surface area contributed by atoms with Gasteiger partial charge in [-0.2, -0.15) is 10.2 Å². The van der Waals surface area contributed by atoms with Gasteiger partial charge < -0.3 is 10.2 Å². The molecule has 2 rings (SSSR count). The Morgan fingerprint density at radius 3 is 1.37 bits per heavy atom. The molecule has 0 saturated carbocycles. The summed E-state index contributed by atoms with van der Waals surface area (Å²) in [7, 11) is 0. The van der Waals surface area contributed by atoms with Crippen LogP contribution in [0.2, 0.25) is 0 Å². The molecule has 8 nitrogen and oxygen atoms in total. The number of hydrogen-bond acceptors (Lipinski definition) is 6. The van der Waals surface area contributed by atoms with Crippen LogP contribution in [0, 0.1) is 0 Å². The summed E-state index contributed by atoms with van der Waals surface area (Å²) in [4.78, 5) is 23.8. The molecule has 0 spiro atoms. The highest BCUT2D eigenvalue weighted by atomic mass is 16.3. The highest BCUT2D eigenvalue weighted by molar-refractivity contribution is 5.99. The summed E-state index contributed by atoms with van der Waals surface area (Å²) in [6, 6.07) is 13.1. The molecule has 2 aromatic carbocycles. The van der Waals surface area contributed by atoms with Crippen molar-refractivity contribution in [3.05, 3.63) is 59.7 Å². The van der Waals surface area contributed by atoms with E-state index in [4.69, 9.17) is 0 Å². The molecule has 0 aliphatic carbocycles. The van der Waals surface area contributed by atoms with Crippen LogP contribution in [0.25, 0.3) is 0 Å². The fourth-order valence-corrected chi connectivity index (χ4v) is 2.51. The van der Waals surface area contributed by atoms with E-state index in [1.165, 1.54) is 0 Å². The Kier molecular flexibility index (Phi) is 8.56. The Balaban J connectivity index is 1.66. The van der Waals surface area contributed by atoms with E-state index < -0.39 is 0 Å². The first-order valence-corrected chi connectivity index (χ1v) is 9.60. The van der Waals surface area contributed by atoms with Crippen LogP contribution in [0.15, 0.2) is 58.7 Å². The first kappa shape index (κ1) is 22.6. The average molecular weight is 410 g/mol. The lowest BCUT2D eigenvalue weighted by molar-refractivity contribution is -0.123. The highest BCUT2D eigenvalue weighted by Gasteiger charge is 2.05. The minimum absolute atomic E-state index is 0.167. The number of carbonyl (C=O) groups is 2. The van der Waals surface area contributed by atoms with Crippen molar-refractivity contribution in [1.29, 1.82) is 0 Å². The standard InChI is InChI=1S/C22H26N4O4/c1-15(17-7-11-19(27)12-8-17)23-25-21(29)5-3-4-6-22(30)26-24-16(2)18-9-13-20(28)14-10-18/h7-14,27-28H,3-6H2,1-2H3,(H,25,29)(H,26,30)/b23-15+,24-16+. The minimum atomic E-state index is -0.227. The lowest BCUT2D eigenvalue weighted by Gasteiger charge is -2.04. The minimum Gasteiger partial charge on any atom is -0.508 e. The summed E-state index contributed by atoms with van der Waals surface area (Å²) < 4.78 is 0. The first-order chi connectivity index (χ1) is 14.3. The second kappa shape index (κ2) is 11.4. The molecule has 0 radical (unpaired) electrons. The van der Waals surface area contributed by atoms with Crippen molar-refractivity contribution in [3.8, 4) is 11.5 Å². The summed E-state index contributed by atoms with van der Waals surface area (Å²) in [5.41, 5.74) is 7.84. The normalized spacial score (nSPS) is 11.8. The first-order valence-electron chi connectivity index (χ1n) is 9.60. The number of phenolic OH excluding ortho intramolecular Hbond substituents is 2. The van der Waals surface area contributed by atoms with Gasteiger partial charge in [0, 0.05) is 12.8 Å². The Labute approximate surface area is 175 Å². The molecule has 158 valence electrons. The third-order valence-electron chi connectivity index (χ3n) is 4.32. The molecule has 0 atom stereocenters. The van der Waals surface area contributed by atoms with E-state index >= 15 is 0 Å². The lowest BCUT2D eigenvalue weighted by atomic mass is 10.1. The van der Waals surface area contributed by atoms with Gasteiger partial charge in [-0.15, -0.1) is 0 Å². The van der Waals surface area contributed by atoms with Crippen LogP contribution in [0.4, 0.5) is 0 Å². The number of benzene rings is 2. The number of amides is 2. The fourth-order valence-electron chi connectivity index (χ4n) is 2.51. The van der Waals surface area contributed by atoms with Crippen LogP contribution in [0.3, 0.4) is 0 Å². The van der Waals surface area contributed by atoms with Crippen LogP contribution in [0.1, 0.15) is 50.7 Å². The Hall–Kier alpha value is -3.68. The number of carbonyl (C=O) groups excluding carboxylic acids is 2. The smallest absolute Gasteiger partial charge is 0.240 e. The zero-order chi connectivity index (χ0) is 21.9. The van der Waals surface area contributed by atoms with Crippen molar-refractivity contribution in [1.82, 2.24) is 10.9 Å². The maximum absolute atomic E-state index is 11.9. The monoisotopic (exact) mass is 410 g/mol. The molecule has 8 heteroatoms. The number of hydrogen-bond donors (Lipinski definition) is 4. The zero-order valence-electron chi connectivity index (χ0n) is 17.1. The Morgan fingerprint density at radius 1 is 0.700 bits per heavy atom. The predicted molar refractivity (Wildman–Crippen MR) is 115 cm³/mol. The van der Waals surface area contributed by atoms with Crippen LogP contribution < -0.4 is 10.9 Å². The summed E-state index contributed by atoms with van der Waals surface area (Å²) in [5, 5.41) is 26.7. The van der Waals surface area contributed by atoms with Gasteiger partial charge in [0.2, 0.25) is 11.8 Å². The van der Waals surface area contributed by atoms with Gasteiger partial charge in [0.25, 0.3) is 0 Å². The molecule has 4 N–H and O–H groups in total. The highest BCUT2D eigenvalue weighted by Crippen LogP contribution is 2.11. The molecule has 0 aliphatic rings. The van der Waals surface area contributed by atoms with Gasteiger partial charge in [-0.1, -0.05) is 0 Å². The van der Waals surface area contributed by atoms with Crippen molar-refractivity contribution in [2.45, 2.75) is 39.5 Å². The molecule has 30 heavy (non-hydrogen) atoms. The second-order valence-electron chi connectivity index (χ2n) is 6.77. The van der Waals surface area contributed by atoms with Crippen LogP contribution in [-0.4, -0.2) is 33.5 Å². The Morgan fingerprint density at radius 2 is 1.03 bits per heavy atom. The number of nitrogens with one attached hydrogen (secondary N) is 2. The van der Waals surface area contributed by atoms with E-state index in [0.717, 1.165) is 11.1 Å². The summed E-state index contributed by atoms with van der Waals surface area (Å²) in [5.74, 6) is -0.119. The number of aromatic hydroxyl groups is 2. The van der Waals surface area contributed by atoms with Crippen molar-refractivity contribution in [3.63, 3.8) is 0 Å². The molecule has 0 aromatic heterocycles. The van der Waals surface area contributed by atoms with E-state index in [2.05, 4.69) is 21.1 Å². The van der Waals surface area contributed by atoms with Gasteiger partial charge in [-0.3, -0.25) is 9.59 Å². The number of nitrogens with zero attached hydrogens (tertiary/aromatic N) is 2. The molecule has 2 amide bonds. The third kappa shape index (κ3) is 7.75. The largest absolute Gasteiger partial charge is 0.508 e. The lowest BCUT2D eigenvalue weighted by Crippen LogP contribution is -2.20. The van der Waals surface area contributed by atoms with E-state index in [9.17, 15) is 19.8 Å². The SMILES string of the molecule is C/C(=N\NC(=O)CCCCC(=O)N/N=C(\C)c1ccc(O)cc1)c1ccc(O)cc1. The maximum Gasteiger partial charge on any atom is 0.240 e. The van der Waals surface area contributed by atoms with Gasteiger partial charge in [0.1, 0.15) is 11.5 Å². The molecule has 0 aliphatic heterocycles. The van der Waals surface area contributed by atoms with Gasteiger partial charge in [-0.25, -0.2) is 10.9 Å². The molecular formula is C22H26N4O4. The molecule has 2 aromatic rings. The summed E-state index contributed by atoms with van der Waals surface area (Å²) >= 11 is 0. The van der Waals surface area contributed by atoms with E-state index in [-0.39, 0.29) is 36.2 Å². The fraction of sp³-hybridized carbons (Fsp3) is 0.273. The van der Waals surface area contributed by atoms with Crippen LogP contribution >= 0.6 is 0 Å². The molecule has 0 fully saturated rings. The van der Waals surface area contributed by atoms with E-state index in [1.807, 2.05) is 0 Å². The topological polar surface area (TPSA) is 123 Å². The molecule has 0 heterocycles. The van der Waals surface area contributed by atoms with Crippen molar-refractivity contribution >= 4 is 23.2 Å². The predicted octanol–water partition coefficient (Wildman–Crippen LogP) is 3.04. The number of phenols is 2. The van der Waals surface area contributed by atoms with Gasteiger partial charge >= 0.3 is 0 Å². The Bertz CT molecular complexity index is 842. The second-order valence-corrected chi connectivity index (χ2v) is 6.77. The number of hydrazone groups is 2. The quantitative estimate of drug-likeness (QED) is 0.288. The average Bonchev–Trinajstić information content (AvgIpc) is 2.74. The number of unbranched alkanes of at least 4 members (excludes halogenated alkanes) is 1. The van der Waals surface area contributed by atoms with Gasteiger partial charge in [0.15, 0.2) is 0 Å². The third-order valence-corrected chi connectivity index (χ3v) is 4.32. The number of rotatable bonds is 9. The maximum atomic E-state index is 11.9.